The molecule has 218 valence electrons. The Kier molecular flexibility index (Phi) is 10.8. The number of ether oxygens (including phenoxy) is 2. The predicted octanol–water partition coefficient (Wildman–Crippen LogP) is 4.90. The first-order valence-electron chi connectivity index (χ1n) is 12.4. The van der Waals surface area contributed by atoms with E-state index in [1.54, 1.807) is 20.8 Å². The van der Waals surface area contributed by atoms with Crippen molar-refractivity contribution in [1.29, 1.82) is 0 Å². The van der Waals surface area contributed by atoms with E-state index in [0.717, 1.165) is 11.1 Å². The number of hydrogen-bond donors (Lipinski definition) is 2. The molecule has 13 heteroatoms. The number of halogens is 2. The van der Waals surface area contributed by atoms with Gasteiger partial charge in [-0.15, -0.1) is 0 Å². The summed E-state index contributed by atoms with van der Waals surface area (Å²) in [5.74, 6) is -2.00. The molecule has 0 radical (unpaired) electrons. The standard InChI is InChI=1S/C28H30ClFN4O6S/c1-28(2,3)40-27(37)31-13-6-14-39-23-16-21(41(4)38)10-11-22(23)25(35)33-34(24-12-9-19(29)17-32-24)26(36)18-7-5-8-20(30)15-18/h5,7-12,15-17H,6,13-14H2,1-4H3,(H,31,37)(H,33,35). The van der Waals surface area contributed by atoms with Gasteiger partial charge in [0.25, 0.3) is 11.8 Å². The van der Waals surface area contributed by atoms with Crippen molar-refractivity contribution in [2.24, 2.45) is 0 Å². The maximum Gasteiger partial charge on any atom is 0.407 e. The van der Waals surface area contributed by atoms with Gasteiger partial charge < -0.3 is 14.8 Å². The largest absolute Gasteiger partial charge is 0.493 e. The minimum atomic E-state index is -1.37. The third-order valence-electron chi connectivity index (χ3n) is 5.21. The summed E-state index contributed by atoms with van der Waals surface area (Å²) in [6, 6.07) is 12.3. The number of nitrogens with one attached hydrogen (secondary N) is 2. The third kappa shape index (κ3) is 9.54. The summed E-state index contributed by atoms with van der Waals surface area (Å²) in [4.78, 5) is 43.1. The van der Waals surface area contributed by atoms with Crippen molar-refractivity contribution in [3.63, 3.8) is 0 Å². The Morgan fingerprint density at radius 2 is 1.85 bits per heavy atom. The van der Waals surface area contributed by atoms with Crippen LogP contribution < -0.4 is 20.5 Å². The molecule has 0 spiro atoms. The van der Waals surface area contributed by atoms with Crippen LogP contribution in [-0.2, 0) is 15.5 Å². The fraction of sp³-hybridized carbons (Fsp3) is 0.286. The number of carbonyl (C=O) groups excluding carboxylic acids is 3. The number of carbonyl (C=O) groups is 3. The van der Waals surface area contributed by atoms with Crippen molar-refractivity contribution in [3.8, 4) is 5.75 Å². The summed E-state index contributed by atoms with van der Waals surface area (Å²) in [5.41, 5.74) is 1.87. The highest BCUT2D eigenvalue weighted by Crippen LogP contribution is 2.24. The molecule has 1 heterocycles. The Hall–Kier alpha value is -4.03. The first-order valence-corrected chi connectivity index (χ1v) is 14.4. The van der Waals surface area contributed by atoms with E-state index in [4.69, 9.17) is 21.1 Å². The van der Waals surface area contributed by atoms with Gasteiger partial charge in [0, 0.05) is 40.3 Å². The fourth-order valence-corrected chi connectivity index (χ4v) is 4.02. The number of amides is 3. The summed E-state index contributed by atoms with van der Waals surface area (Å²) < 4.78 is 37.0. The van der Waals surface area contributed by atoms with E-state index >= 15 is 0 Å². The van der Waals surface area contributed by atoms with Crippen LogP contribution >= 0.6 is 11.6 Å². The van der Waals surface area contributed by atoms with Gasteiger partial charge in [-0.3, -0.25) is 19.2 Å². The second-order valence-electron chi connectivity index (χ2n) is 9.67. The van der Waals surface area contributed by atoms with Crippen molar-refractivity contribution >= 4 is 46.1 Å². The minimum absolute atomic E-state index is 0.0268. The number of pyridine rings is 1. The van der Waals surface area contributed by atoms with Crippen LogP contribution in [0.1, 0.15) is 47.9 Å². The highest BCUT2D eigenvalue weighted by atomic mass is 35.5. The summed E-state index contributed by atoms with van der Waals surface area (Å²) in [7, 11) is -1.37. The molecule has 3 aromatic rings. The molecule has 1 aromatic heterocycles. The van der Waals surface area contributed by atoms with Crippen LogP contribution in [0.4, 0.5) is 15.0 Å². The number of alkyl carbamates (subject to hydrolysis) is 1. The minimum Gasteiger partial charge on any atom is -0.493 e. The predicted molar refractivity (Wildman–Crippen MR) is 153 cm³/mol. The highest BCUT2D eigenvalue weighted by Gasteiger charge is 2.24. The van der Waals surface area contributed by atoms with Gasteiger partial charge in [0.1, 0.15) is 17.2 Å². The zero-order valence-corrected chi connectivity index (χ0v) is 24.5. The van der Waals surface area contributed by atoms with E-state index in [1.807, 2.05) is 0 Å². The van der Waals surface area contributed by atoms with Crippen molar-refractivity contribution < 1.29 is 32.5 Å². The maximum absolute atomic E-state index is 13.9. The van der Waals surface area contributed by atoms with Crippen LogP contribution in [0.25, 0.3) is 0 Å². The number of hydrazine groups is 1. The van der Waals surface area contributed by atoms with E-state index in [9.17, 15) is 23.0 Å². The van der Waals surface area contributed by atoms with Gasteiger partial charge in [-0.1, -0.05) is 17.7 Å². The molecule has 0 aliphatic rings. The Bertz CT molecular complexity index is 1430. The smallest absolute Gasteiger partial charge is 0.407 e. The molecule has 0 aliphatic carbocycles. The van der Waals surface area contributed by atoms with Crippen molar-refractivity contribution in [2.75, 3.05) is 24.4 Å². The first-order chi connectivity index (χ1) is 19.3. The molecule has 0 bridgehead atoms. The van der Waals surface area contributed by atoms with Gasteiger partial charge in [0.05, 0.1) is 17.2 Å². The second-order valence-corrected chi connectivity index (χ2v) is 11.5. The van der Waals surface area contributed by atoms with Crippen molar-refractivity contribution in [2.45, 2.75) is 37.7 Å². The Morgan fingerprint density at radius 1 is 1.10 bits per heavy atom. The van der Waals surface area contributed by atoms with Gasteiger partial charge in [-0.2, -0.15) is 5.01 Å². The number of hydrogen-bond acceptors (Lipinski definition) is 7. The van der Waals surface area contributed by atoms with E-state index in [0.29, 0.717) is 16.3 Å². The number of rotatable bonds is 9. The van der Waals surface area contributed by atoms with Crippen molar-refractivity contribution in [1.82, 2.24) is 15.7 Å². The summed E-state index contributed by atoms with van der Waals surface area (Å²) in [5, 5.41) is 3.79. The quantitative estimate of drug-likeness (QED) is 0.263. The Balaban J connectivity index is 1.81. The van der Waals surface area contributed by atoms with Crippen LogP contribution in [-0.4, -0.2) is 52.1 Å². The molecule has 3 rings (SSSR count). The fourth-order valence-electron chi connectivity index (χ4n) is 3.37. The molecule has 0 fully saturated rings. The van der Waals surface area contributed by atoms with Gasteiger partial charge in [-0.25, -0.2) is 14.2 Å². The molecule has 0 saturated heterocycles. The number of benzene rings is 2. The lowest BCUT2D eigenvalue weighted by Gasteiger charge is -2.23. The Morgan fingerprint density at radius 3 is 2.49 bits per heavy atom. The first kappa shape index (κ1) is 31.5. The molecule has 1 atom stereocenters. The van der Waals surface area contributed by atoms with Crippen LogP contribution in [0.3, 0.4) is 0 Å². The lowest BCUT2D eigenvalue weighted by Crippen LogP contribution is -2.47. The van der Waals surface area contributed by atoms with Gasteiger partial charge in [0.2, 0.25) is 0 Å². The number of nitrogens with zero attached hydrogens (tertiary/aromatic N) is 2. The summed E-state index contributed by atoms with van der Waals surface area (Å²) >= 11 is 5.94. The Labute approximate surface area is 244 Å². The van der Waals surface area contributed by atoms with Crippen LogP contribution in [0, 0.1) is 5.82 Å². The number of anilines is 1. The van der Waals surface area contributed by atoms with Gasteiger partial charge in [0.15, 0.2) is 5.82 Å². The van der Waals surface area contributed by atoms with Crippen LogP contribution in [0.5, 0.6) is 5.75 Å². The maximum atomic E-state index is 13.9. The molecule has 0 saturated carbocycles. The van der Waals surface area contributed by atoms with E-state index in [-0.39, 0.29) is 35.8 Å². The van der Waals surface area contributed by atoms with E-state index in [2.05, 4.69) is 15.7 Å². The second kappa shape index (κ2) is 14.0. The monoisotopic (exact) mass is 604 g/mol. The van der Waals surface area contributed by atoms with Crippen molar-refractivity contribution in [3.05, 3.63) is 82.8 Å². The average molecular weight is 605 g/mol. The number of aromatic nitrogens is 1. The third-order valence-corrected chi connectivity index (χ3v) is 6.35. The molecule has 1 unspecified atom stereocenters. The lowest BCUT2D eigenvalue weighted by molar-refractivity contribution is 0.0525. The molecule has 0 aliphatic heterocycles. The normalized spacial score (nSPS) is 11.8. The molecular formula is C28H30ClFN4O6S. The van der Waals surface area contributed by atoms with E-state index < -0.39 is 40.1 Å². The average Bonchev–Trinajstić information content (AvgIpc) is 2.90. The van der Waals surface area contributed by atoms with Crippen LogP contribution in [0.2, 0.25) is 5.02 Å². The van der Waals surface area contributed by atoms with Gasteiger partial charge >= 0.3 is 6.09 Å². The summed E-state index contributed by atoms with van der Waals surface area (Å²) in [6.45, 7) is 5.60. The zero-order chi connectivity index (χ0) is 30.2. The molecule has 2 N–H and O–H groups in total. The zero-order valence-electron chi connectivity index (χ0n) is 22.9. The molecule has 41 heavy (non-hydrogen) atoms. The van der Waals surface area contributed by atoms with Gasteiger partial charge in [-0.05, 0) is 75.7 Å². The lowest BCUT2D eigenvalue weighted by atomic mass is 10.2. The highest BCUT2D eigenvalue weighted by molar-refractivity contribution is 7.84. The summed E-state index contributed by atoms with van der Waals surface area (Å²) in [6.07, 6.45) is 2.58. The molecule has 3 amide bonds. The van der Waals surface area contributed by atoms with Crippen LogP contribution in [0.15, 0.2) is 65.7 Å². The molecular weight excluding hydrogens is 575 g/mol. The topological polar surface area (TPSA) is 127 Å². The SMILES string of the molecule is CS(=O)c1ccc(C(=O)NN(C(=O)c2cccc(F)c2)c2ccc(Cl)cn2)c(OCCCNC(=O)OC(C)(C)C)c1. The van der Waals surface area contributed by atoms with E-state index in [1.165, 1.54) is 61.0 Å². The molecule has 10 nitrogen and oxygen atoms in total. The molecule has 2 aromatic carbocycles.